The van der Waals surface area contributed by atoms with E-state index in [1.807, 2.05) is 31.2 Å². The third kappa shape index (κ3) is 3.82. The molecule has 0 bridgehead atoms. The second-order valence-electron chi connectivity index (χ2n) is 6.87. The monoisotopic (exact) mass is 407 g/mol. The van der Waals surface area contributed by atoms with E-state index in [4.69, 9.17) is 0 Å². The van der Waals surface area contributed by atoms with Gasteiger partial charge in [-0.15, -0.1) is 0 Å². The number of carbonyl (C=O) groups excluding carboxylic acids is 2. The molecular formula is C22H21N3O3S. The molecule has 2 aromatic carbocycles. The highest BCUT2D eigenvalue weighted by molar-refractivity contribution is 7.99. The van der Waals surface area contributed by atoms with Crippen LogP contribution < -0.4 is 10.5 Å². The lowest BCUT2D eigenvalue weighted by Gasteiger charge is -2.15. The highest BCUT2D eigenvalue weighted by Crippen LogP contribution is 2.23. The molecule has 0 N–H and O–H groups in total. The van der Waals surface area contributed by atoms with Crippen molar-refractivity contribution in [2.75, 3.05) is 17.2 Å². The summed E-state index contributed by atoms with van der Waals surface area (Å²) in [5, 5.41) is 1.13. The van der Waals surface area contributed by atoms with E-state index in [1.165, 1.54) is 11.8 Å². The fraction of sp³-hybridized carbons (Fsp3) is 0.273. The molecular weight excluding hydrogens is 386 g/mol. The van der Waals surface area contributed by atoms with Crippen LogP contribution in [0.3, 0.4) is 0 Å². The summed E-state index contributed by atoms with van der Waals surface area (Å²) in [5.41, 5.74) is 1.95. The molecule has 148 valence electrons. The van der Waals surface area contributed by atoms with E-state index in [2.05, 4.69) is 4.98 Å². The molecule has 0 unspecified atom stereocenters. The number of thioether (sulfide) groups is 1. The lowest BCUT2D eigenvalue weighted by molar-refractivity contribution is -0.117. The van der Waals surface area contributed by atoms with Crippen molar-refractivity contribution in [2.45, 2.75) is 31.5 Å². The second kappa shape index (κ2) is 8.21. The van der Waals surface area contributed by atoms with Gasteiger partial charge in [0.2, 0.25) is 5.91 Å². The number of hydrogen-bond donors (Lipinski definition) is 0. The molecule has 1 aliphatic heterocycles. The number of anilines is 1. The van der Waals surface area contributed by atoms with Gasteiger partial charge in [-0.25, -0.2) is 4.98 Å². The van der Waals surface area contributed by atoms with E-state index in [0.29, 0.717) is 34.6 Å². The van der Waals surface area contributed by atoms with Crippen molar-refractivity contribution in [3.8, 4) is 0 Å². The third-order valence-electron chi connectivity index (χ3n) is 5.05. The maximum absolute atomic E-state index is 12.7. The molecule has 29 heavy (non-hydrogen) atoms. The summed E-state index contributed by atoms with van der Waals surface area (Å²) in [7, 11) is 0. The van der Waals surface area contributed by atoms with Crippen LogP contribution in [0.4, 0.5) is 5.69 Å². The maximum Gasteiger partial charge on any atom is 0.262 e. The molecule has 0 radical (unpaired) electrons. The predicted octanol–water partition coefficient (Wildman–Crippen LogP) is 3.52. The van der Waals surface area contributed by atoms with Gasteiger partial charge in [0.15, 0.2) is 10.9 Å². The minimum Gasteiger partial charge on any atom is -0.312 e. The van der Waals surface area contributed by atoms with Crippen LogP contribution in [0.5, 0.6) is 0 Å². The van der Waals surface area contributed by atoms with Crippen LogP contribution in [0.1, 0.15) is 30.1 Å². The van der Waals surface area contributed by atoms with Crippen LogP contribution in [0, 0.1) is 0 Å². The normalized spacial score (nSPS) is 14.0. The molecule has 0 aliphatic carbocycles. The Hall–Kier alpha value is -2.93. The van der Waals surface area contributed by atoms with E-state index in [1.54, 1.807) is 33.7 Å². The highest BCUT2D eigenvalue weighted by Gasteiger charge is 2.21. The second-order valence-corrected chi connectivity index (χ2v) is 7.81. The smallest absolute Gasteiger partial charge is 0.262 e. The Kier molecular flexibility index (Phi) is 5.49. The van der Waals surface area contributed by atoms with Crippen LogP contribution in [0.25, 0.3) is 10.9 Å². The Bertz CT molecular complexity index is 1140. The lowest BCUT2D eigenvalue weighted by atomic mass is 10.1. The quantitative estimate of drug-likeness (QED) is 0.355. The van der Waals surface area contributed by atoms with Crippen molar-refractivity contribution in [3.63, 3.8) is 0 Å². The zero-order valence-electron chi connectivity index (χ0n) is 16.1. The molecule has 2 heterocycles. The summed E-state index contributed by atoms with van der Waals surface area (Å²) in [6.45, 7) is 3.11. The van der Waals surface area contributed by atoms with Gasteiger partial charge < -0.3 is 4.90 Å². The molecule has 1 aromatic heterocycles. The minimum absolute atomic E-state index is 0.0423. The van der Waals surface area contributed by atoms with Gasteiger partial charge in [0.1, 0.15) is 0 Å². The van der Waals surface area contributed by atoms with Crippen molar-refractivity contribution in [3.05, 3.63) is 64.4 Å². The van der Waals surface area contributed by atoms with Crippen molar-refractivity contribution in [1.82, 2.24) is 9.55 Å². The molecule has 0 saturated carbocycles. The Morgan fingerprint density at radius 3 is 2.55 bits per heavy atom. The Balaban J connectivity index is 1.51. The maximum atomic E-state index is 12.7. The number of carbonyl (C=O) groups is 2. The zero-order valence-corrected chi connectivity index (χ0v) is 16.9. The van der Waals surface area contributed by atoms with Crippen LogP contribution in [-0.2, 0) is 11.3 Å². The number of fused-ring (bicyclic) bond motifs is 1. The molecule has 1 amide bonds. The molecule has 1 aliphatic rings. The Labute approximate surface area is 172 Å². The van der Waals surface area contributed by atoms with Crippen molar-refractivity contribution in [2.24, 2.45) is 0 Å². The predicted molar refractivity (Wildman–Crippen MR) is 115 cm³/mol. The van der Waals surface area contributed by atoms with Gasteiger partial charge in [0.05, 0.1) is 16.7 Å². The highest BCUT2D eigenvalue weighted by atomic mass is 32.2. The summed E-state index contributed by atoms with van der Waals surface area (Å²) < 4.78 is 1.60. The fourth-order valence-electron chi connectivity index (χ4n) is 3.50. The number of benzene rings is 2. The van der Waals surface area contributed by atoms with E-state index in [0.717, 1.165) is 18.7 Å². The van der Waals surface area contributed by atoms with Gasteiger partial charge in [-0.1, -0.05) is 23.9 Å². The fourth-order valence-corrected chi connectivity index (χ4v) is 4.46. The number of Topliss-reactive ketones (excluding diaryl/α,β-unsaturated/α-hetero) is 1. The van der Waals surface area contributed by atoms with Gasteiger partial charge in [-0.05, 0) is 49.7 Å². The number of para-hydroxylation sites is 1. The molecule has 7 heteroatoms. The molecule has 6 nitrogen and oxygen atoms in total. The largest absolute Gasteiger partial charge is 0.312 e. The Morgan fingerprint density at radius 2 is 1.86 bits per heavy atom. The number of aromatic nitrogens is 2. The number of amides is 1. The minimum atomic E-state index is -0.0901. The molecule has 3 aromatic rings. The molecule has 1 saturated heterocycles. The summed E-state index contributed by atoms with van der Waals surface area (Å²) in [6, 6.07) is 14.4. The van der Waals surface area contributed by atoms with Gasteiger partial charge in [-0.2, -0.15) is 0 Å². The van der Waals surface area contributed by atoms with Crippen LogP contribution >= 0.6 is 11.8 Å². The SMILES string of the molecule is CCn1c(SCC(=O)c2ccc(N3CCCC3=O)cc2)nc2ccccc2c1=O. The van der Waals surface area contributed by atoms with Crippen LogP contribution in [0.15, 0.2) is 58.5 Å². The first-order chi connectivity index (χ1) is 14.1. The standard InChI is InChI=1S/C22H21N3O3S/c1-2-24-21(28)17-6-3-4-7-18(17)23-22(24)29-14-19(26)15-9-11-16(12-10-15)25-13-5-8-20(25)27/h3-4,6-7,9-12H,2,5,8,13-14H2,1H3. The first-order valence-corrected chi connectivity index (χ1v) is 10.6. The average Bonchev–Trinajstić information content (AvgIpc) is 3.18. The zero-order chi connectivity index (χ0) is 20.4. The van der Waals surface area contributed by atoms with E-state index >= 15 is 0 Å². The topological polar surface area (TPSA) is 72.3 Å². The van der Waals surface area contributed by atoms with Crippen molar-refractivity contribution in [1.29, 1.82) is 0 Å². The van der Waals surface area contributed by atoms with Crippen LogP contribution in [0.2, 0.25) is 0 Å². The third-order valence-corrected chi connectivity index (χ3v) is 6.03. The van der Waals surface area contributed by atoms with E-state index in [-0.39, 0.29) is 23.0 Å². The van der Waals surface area contributed by atoms with Crippen molar-refractivity contribution < 1.29 is 9.59 Å². The van der Waals surface area contributed by atoms with Gasteiger partial charge in [0.25, 0.3) is 5.56 Å². The number of rotatable bonds is 6. The summed E-state index contributed by atoms with van der Waals surface area (Å²) in [5.74, 6) is 0.270. The number of nitrogens with zero attached hydrogens (tertiary/aromatic N) is 3. The lowest BCUT2D eigenvalue weighted by Crippen LogP contribution is -2.23. The van der Waals surface area contributed by atoms with Gasteiger partial charge in [0, 0.05) is 30.8 Å². The van der Waals surface area contributed by atoms with Gasteiger partial charge in [-0.3, -0.25) is 19.0 Å². The first-order valence-electron chi connectivity index (χ1n) is 9.64. The molecule has 0 spiro atoms. The summed E-state index contributed by atoms with van der Waals surface area (Å²) in [6.07, 6.45) is 1.45. The average molecular weight is 407 g/mol. The van der Waals surface area contributed by atoms with Crippen LogP contribution in [-0.4, -0.2) is 33.5 Å². The molecule has 1 fully saturated rings. The Morgan fingerprint density at radius 1 is 1.10 bits per heavy atom. The summed E-state index contributed by atoms with van der Waals surface area (Å²) >= 11 is 1.27. The summed E-state index contributed by atoms with van der Waals surface area (Å²) in [4.78, 5) is 43.5. The van der Waals surface area contributed by atoms with E-state index < -0.39 is 0 Å². The first kappa shape index (κ1) is 19.4. The number of hydrogen-bond acceptors (Lipinski definition) is 5. The van der Waals surface area contributed by atoms with E-state index in [9.17, 15) is 14.4 Å². The van der Waals surface area contributed by atoms with Gasteiger partial charge >= 0.3 is 0 Å². The molecule has 0 atom stereocenters. The van der Waals surface area contributed by atoms with Crippen molar-refractivity contribution >= 4 is 40.0 Å². The number of ketones is 1. The molecule has 4 rings (SSSR count).